The van der Waals surface area contributed by atoms with Crippen LogP contribution in [0.2, 0.25) is 0 Å². The maximum absolute atomic E-state index is 12.4. The van der Waals surface area contributed by atoms with Gasteiger partial charge in [-0.25, -0.2) is 4.99 Å². The van der Waals surface area contributed by atoms with Gasteiger partial charge in [0.1, 0.15) is 5.00 Å². The molecule has 2 aromatic rings. The Morgan fingerprint density at radius 3 is 2.69 bits per heavy atom. The van der Waals surface area contributed by atoms with Crippen molar-refractivity contribution in [3.05, 3.63) is 40.5 Å². The molecular weight excluding hydrogens is 362 g/mol. The van der Waals surface area contributed by atoms with Crippen LogP contribution in [0.1, 0.15) is 52.9 Å². The highest BCUT2D eigenvalue weighted by Crippen LogP contribution is 2.41. The molecule has 6 heteroatoms. The average molecular weight is 388 g/mol. The molecule has 4 nitrogen and oxygen atoms in total. The van der Waals surface area contributed by atoms with Crippen molar-refractivity contribution in [2.75, 3.05) is 5.75 Å². The number of hydrogen-bond donors (Lipinski definition) is 0. The number of aryl methyl sites for hydroxylation is 1. The molecule has 0 amide bonds. The lowest BCUT2D eigenvalue weighted by Crippen LogP contribution is -2.41. The molecule has 0 atom stereocenters. The predicted octanol–water partition coefficient (Wildman–Crippen LogP) is 5.38. The van der Waals surface area contributed by atoms with E-state index in [1.165, 1.54) is 48.1 Å². The number of thioether (sulfide) groups is 1. The zero-order valence-corrected chi connectivity index (χ0v) is 17.0. The van der Waals surface area contributed by atoms with Crippen LogP contribution in [0.25, 0.3) is 0 Å². The Morgan fingerprint density at radius 2 is 1.96 bits per heavy atom. The van der Waals surface area contributed by atoms with Gasteiger partial charge in [0.15, 0.2) is 5.17 Å². The van der Waals surface area contributed by atoms with Crippen molar-refractivity contribution in [2.45, 2.75) is 58.5 Å². The molecule has 0 radical (unpaired) electrons. The molecule has 138 valence electrons. The summed E-state index contributed by atoms with van der Waals surface area (Å²) < 4.78 is 1.66. The number of hydrogen-bond acceptors (Lipinski definition) is 5. The van der Waals surface area contributed by atoms with Crippen molar-refractivity contribution in [1.29, 1.82) is 0 Å². The topological polar surface area (TPSA) is 37.6 Å². The van der Waals surface area contributed by atoms with Crippen molar-refractivity contribution in [2.24, 2.45) is 4.99 Å². The summed E-state index contributed by atoms with van der Waals surface area (Å²) in [7, 11) is 0. The van der Waals surface area contributed by atoms with E-state index >= 15 is 0 Å². The van der Waals surface area contributed by atoms with Gasteiger partial charge >= 0.3 is 0 Å². The van der Waals surface area contributed by atoms with Gasteiger partial charge in [-0.1, -0.05) is 31.0 Å². The molecule has 1 aliphatic heterocycles. The first-order chi connectivity index (χ1) is 12.6. The predicted molar refractivity (Wildman–Crippen MR) is 111 cm³/mol. The third-order valence-corrected chi connectivity index (χ3v) is 7.61. The minimum Gasteiger partial charge on any atom is -0.344 e. The molecule has 0 unspecified atom stereocenters. The first-order valence-corrected chi connectivity index (χ1v) is 11.2. The summed E-state index contributed by atoms with van der Waals surface area (Å²) in [4.78, 5) is 21.2. The van der Waals surface area contributed by atoms with Gasteiger partial charge in [-0.3, -0.25) is 9.36 Å². The zero-order chi connectivity index (χ0) is 18.1. The summed E-state index contributed by atoms with van der Waals surface area (Å²) in [6, 6.07) is 4.33. The van der Waals surface area contributed by atoms with E-state index in [1.54, 1.807) is 27.7 Å². The monoisotopic (exact) mass is 387 g/mol. The first kappa shape index (κ1) is 17.9. The van der Waals surface area contributed by atoms with E-state index in [9.17, 15) is 4.79 Å². The van der Waals surface area contributed by atoms with E-state index in [2.05, 4.69) is 18.7 Å². The third-order valence-electron chi connectivity index (χ3n) is 5.49. The summed E-state index contributed by atoms with van der Waals surface area (Å²) in [5, 5.41) is 2.18. The van der Waals surface area contributed by atoms with E-state index in [1.807, 2.05) is 24.5 Å². The van der Waals surface area contributed by atoms with Gasteiger partial charge in [-0.15, -0.1) is 11.3 Å². The van der Waals surface area contributed by atoms with Crippen LogP contribution in [0.15, 0.2) is 29.5 Å². The largest absolute Gasteiger partial charge is 0.344 e. The zero-order valence-electron chi connectivity index (χ0n) is 15.4. The Kier molecular flexibility index (Phi) is 5.23. The van der Waals surface area contributed by atoms with Gasteiger partial charge in [-0.2, -0.15) is 0 Å². The standard InChI is InChI=1S/C20H25N3OS2/c1-14-15(2)26-19-17(14)12-23(16-8-4-3-5-9-16)20(21-19)25-13-18(24)22-10-6-7-11-22/h6-7,10-11,16H,3-5,8-9,12-13H2,1-2H3. The fraction of sp³-hybridized carbons (Fsp3) is 0.500. The number of fused-ring (bicyclic) bond motifs is 1. The van der Waals surface area contributed by atoms with Gasteiger partial charge < -0.3 is 4.90 Å². The number of carbonyl (C=O) groups is 1. The van der Waals surface area contributed by atoms with Crippen LogP contribution in [0.5, 0.6) is 0 Å². The molecule has 1 saturated carbocycles. The third kappa shape index (κ3) is 3.49. The average Bonchev–Trinajstić information content (AvgIpc) is 3.29. The smallest absolute Gasteiger partial charge is 0.241 e. The normalized spacial score (nSPS) is 17.9. The fourth-order valence-corrected chi connectivity index (χ4v) is 5.85. The molecule has 2 aromatic heterocycles. The number of aromatic nitrogens is 1. The van der Waals surface area contributed by atoms with Crippen LogP contribution in [0.4, 0.5) is 5.00 Å². The number of rotatable bonds is 3. The van der Waals surface area contributed by atoms with Crippen molar-refractivity contribution in [3.63, 3.8) is 0 Å². The number of carbonyl (C=O) groups excluding carboxylic acids is 1. The molecule has 0 aromatic carbocycles. The molecule has 4 rings (SSSR count). The summed E-state index contributed by atoms with van der Waals surface area (Å²) in [5.41, 5.74) is 2.78. The summed E-state index contributed by atoms with van der Waals surface area (Å²) in [6.45, 7) is 5.34. The second-order valence-corrected chi connectivity index (χ2v) is 9.30. The van der Waals surface area contributed by atoms with Crippen LogP contribution >= 0.6 is 23.1 Å². The molecule has 0 N–H and O–H groups in total. The Hall–Kier alpha value is -1.53. The van der Waals surface area contributed by atoms with E-state index in [-0.39, 0.29) is 5.91 Å². The lowest BCUT2D eigenvalue weighted by atomic mass is 9.94. The number of nitrogens with zero attached hydrogens (tertiary/aromatic N) is 3. The maximum Gasteiger partial charge on any atom is 0.241 e. The number of thiophene rings is 1. The van der Waals surface area contributed by atoms with Crippen molar-refractivity contribution in [1.82, 2.24) is 9.47 Å². The summed E-state index contributed by atoms with van der Waals surface area (Å²) in [6.07, 6.45) is 10.1. The second kappa shape index (κ2) is 7.61. The molecule has 3 heterocycles. The molecule has 0 bridgehead atoms. The second-order valence-electron chi connectivity index (χ2n) is 7.15. The lowest BCUT2D eigenvalue weighted by molar-refractivity contribution is 0.0942. The van der Waals surface area contributed by atoms with Crippen molar-refractivity contribution < 1.29 is 4.79 Å². The van der Waals surface area contributed by atoms with Crippen molar-refractivity contribution >= 4 is 39.2 Å². The molecule has 2 aliphatic rings. The van der Waals surface area contributed by atoms with E-state index < -0.39 is 0 Å². The van der Waals surface area contributed by atoms with Gasteiger partial charge in [0.25, 0.3) is 0 Å². The molecule has 1 fully saturated rings. The van der Waals surface area contributed by atoms with E-state index in [0.717, 1.165) is 16.7 Å². The highest BCUT2D eigenvalue weighted by atomic mass is 32.2. The fourth-order valence-electron chi connectivity index (χ4n) is 3.82. The van der Waals surface area contributed by atoms with Crippen LogP contribution in [-0.2, 0) is 6.54 Å². The molecule has 0 saturated heterocycles. The van der Waals surface area contributed by atoms with Crippen LogP contribution in [-0.4, -0.2) is 32.3 Å². The highest BCUT2D eigenvalue weighted by Gasteiger charge is 2.30. The molecular formula is C20H25N3OS2. The Bertz CT molecular complexity index is 816. The van der Waals surface area contributed by atoms with Crippen LogP contribution in [0, 0.1) is 13.8 Å². The molecule has 26 heavy (non-hydrogen) atoms. The highest BCUT2D eigenvalue weighted by molar-refractivity contribution is 8.14. The SMILES string of the molecule is Cc1sc2c(c1C)CN(C1CCCCC1)C(SCC(=O)n1cccc1)=N2. The van der Waals surface area contributed by atoms with Gasteiger partial charge in [0.05, 0.1) is 5.75 Å². The Morgan fingerprint density at radius 1 is 1.23 bits per heavy atom. The Balaban J connectivity index is 1.57. The van der Waals surface area contributed by atoms with Gasteiger partial charge in [0.2, 0.25) is 5.91 Å². The maximum atomic E-state index is 12.4. The first-order valence-electron chi connectivity index (χ1n) is 9.36. The minimum atomic E-state index is 0.107. The quantitative estimate of drug-likeness (QED) is 0.710. The minimum absolute atomic E-state index is 0.107. The van der Waals surface area contributed by atoms with Crippen LogP contribution < -0.4 is 0 Å². The van der Waals surface area contributed by atoms with E-state index in [0.29, 0.717) is 11.8 Å². The van der Waals surface area contributed by atoms with Gasteiger partial charge in [0, 0.05) is 35.4 Å². The summed E-state index contributed by atoms with van der Waals surface area (Å²) in [5.74, 6) is 0.533. The number of amidine groups is 1. The van der Waals surface area contributed by atoms with Gasteiger partial charge in [-0.05, 0) is 44.4 Å². The molecule has 1 aliphatic carbocycles. The van der Waals surface area contributed by atoms with E-state index in [4.69, 9.17) is 4.99 Å². The van der Waals surface area contributed by atoms with Crippen molar-refractivity contribution in [3.8, 4) is 0 Å². The number of aliphatic imine (C=N–C) groups is 1. The lowest BCUT2D eigenvalue weighted by Gasteiger charge is -2.38. The van der Waals surface area contributed by atoms with Crippen LogP contribution in [0.3, 0.4) is 0 Å². The molecule has 0 spiro atoms. The Labute approximate surface area is 163 Å². The summed E-state index contributed by atoms with van der Waals surface area (Å²) >= 11 is 3.38.